The molecule has 0 heterocycles. The molecule has 0 fully saturated rings. The van der Waals surface area contributed by atoms with Crippen molar-refractivity contribution < 1.29 is 23.4 Å². The zero-order valence-corrected chi connectivity index (χ0v) is 8.96. The molecule has 0 aliphatic rings. The highest BCUT2D eigenvalue weighted by atomic mass is 19.2. The summed E-state index contributed by atoms with van der Waals surface area (Å²) in [6.07, 6.45) is -1.80. The fourth-order valence-corrected chi connectivity index (χ4v) is 1.22. The van der Waals surface area contributed by atoms with Gasteiger partial charge in [0.05, 0.1) is 6.61 Å². The van der Waals surface area contributed by atoms with Crippen LogP contribution < -0.4 is 0 Å². The molecule has 1 aromatic carbocycles. The quantitative estimate of drug-likeness (QED) is 0.806. The van der Waals surface area contributed by atoms with Crippen LogP contribution in [0.3, 0.4) is 0 Å². The number of esters is 1. The minimum atomic E-state index is -1.80. The van der Waals surface area contributed by atoms with Crippen molar-refractivity contribution in [2.45, 2.75) is 20.0 Å². The van der Waals surface area contributed by atoms with Gasteiger partial charge in [-0.25, -0.2) is 13.6 Å². The summed E-state index contributed by atoms with van der Waals surface area (Å²) >= 11 is 0. The highest BCUT2D eigenvalue weighted by Gasteiger charge is 2.24. The lowest BCUT2D eigenvalue weighted by atomic mass is 10.1. The summed E-state index contributed by atoms with van der Waals surface area (Å²) in [4.78, 5) is 11.1. The van der Waals surface area contributed by atoms with Crippen LogP contribution in [0.5, 0.6) is 0 Å². The Morgan fingerprint density at radius 3 is 2.62 bits per heavy atom. The molecule has 3 nitrogen and oxygen atoms in total. The van der Waals surface area contributed by atoms with Gasteiger partial charge in [-0.2, -0.15) is 0 Å². The molecule has 0 aliphatic carbocycles. The molecule has 88 valence electrons. The molecule has 1 aromatic rings. The van der Waals surface area contributed by atoms with E-state index in [-0.39, 0.29) is 12.2 Å². The largest absolute Gasteiger partial charge is 0.464 e. The second-order valence-electron chi connectivity index (χ2n) is 3.25. The molecule has 1 atom stereocenters. The molecule has 0 amide bonds. The molecule has 1 rings (SSSR count). The molecule has 1 N–H and O–H groups in total. The van der Waals surface area contributed by atoms with Gasteiger partial charge in [-0.15, -0.1) is 0 Å². The highest BCUT2D eigenvalue weighted by molar-refractivity contribution is 5.76. The van der Waals surface area contributed by atoms with E-state index >= 15 is 0 Å². The monoisotopic (exact) mass is 230 g/mol. The molecule has 0 aromatic heterocycles. The van der Waals surface area contributed by atoms with Gasteiger partial charge in [-0.05, 0) is 19.4 Å². The van der Waals surface area contributed by atoms with Crippen LogP contribution >= 0.6 is 0 Å². The normalized spacial score (nSPS) is 12.3. The van der Waals surface area contributed by atoms with Gasteiger partial charge in [0.2, 0.25) is 0 Å². The van der Waals surface area contributed by atoms with Crippen LogP contribution in [0.4, 0.5) is 8.78 Å². The number of halogens is 2. The molecule has 0 radical (unpaired) electrons. The topological polar surface area (TPSA) is 46.5 Å². The van der Waals surface area contributed by atoms with E-state index in [9.17, 15) is 18.7 Å². The molecular weight excluding hydrogens is 218 g/mol. The third kappa shape index (κ3) is 2.36. The predicted molar refractivity (Wildman–Crippen MR) is 52.7 cm³/mol. The summed E-state index contributed by atoms with van der Waals surface area (Å²) in [5.41, 5.74) is -0.307. The zero-order valence-electron chi connectivity index (χ0n) is 8.96. The highest BCUT2D eigenvalue weighted by Crippen LogP contribution is 2.22. The third-order valence-corrected chi connectivity index (χ3v) is 2.11. The van der Waals surface area contributed by atoms with Gasteiger partial charge in [0, 0.05) is 5.56 Å². The second kappa shape index (κ2) is 5.03. The molecule has 0 saturated carbocycles. The van der Waals surface area contributed by atoms with Crippen LogP contribution in [0, 0.1) is 18.6 Å². The van der Waals surface area contributed by atoms with E-state index in [0.717, 1.165) is 6.07 Å². The maximum atomic E-state index is 13.4. The van der Waals surface area contributed by atoms with Crippen LogP contribution in [0.15, 0.2) is 12.1 Å². The lowest BCUT2D eigenvalue weighted by Gasteiger charge is -2.11. The molecule has 1 unspecified atom stereocenters. The molecule has 5 heteroatoms. The van der Waals surface area contributed by atoms with E-state index in [4.69, 9.17) is 0 Å². The van der Waals surface area contributed by atoms with Crippen LogP contribution in [0.2, 0.25) is 0 Å². The van der Waals surface area contributed by atoms with Crippen molar-refractivity contribution in [1.82, 2.24) is 0 Å². The SMILES string of the molecule is CCOC(=O)C(O)c1ccc(C)c(F)c1F. The number of carbonyl (C=O) groups excluding carboxylic acids is 1. The molecule has 0 saturated heterocycles. The van der Waals surface area contributed by atoms with Crippen LogP contribution in [-0.4, -0.2) is 17.7 Å². The number of ether oxygens (including phenoxy) is 1. The number of aryl methyl sites for hydroxylation is 1. The standard InChI is InChI=1S/C11H12F2O3/c1-3-16-11(15)10(14)7-5-4-6(2)8(12)9(7)13/h4-5,10,14H,3H2,1-2H3. The number of rotatable bonds is 3. The average Bonchev–Trinajstić information content (AvgIpc) is 2.26. The van der Waals surface area contributed by atoms with Crippen molar-refractivity contribution >= 4 is 5.97 Å². The number of aliphatic hydroxyl groups excluding tert-OH is 1. The van der Waals surface area contributed by atoms with Crippen LogP contribution in [0.25, 0.3) is 0 Å². The molecule has 0 aliphatic heterocycles. The number of hydrogen-bond acceptors (Lipinski definition) is 3. The number of carbonyl (C=O) groups is 1. The first-order valence-corrected chi connectivity index (χ1v) is 4.78. The first-order chi connectivity index (χ1) is 7.49. The first kappa shape index (κ1) is 12.6. The smallest absolute Gasteiger partial charge is 0.339 e. The molecule has 16 heavy (non-hydrogen) atoms. The minimum absolute atomic E-state index is 0.0614. The Morgan fingerprint density at radius 2 is 2.06 bits per heavy atom. The van der Waals surface area contributed by atoms with E-state index in [1.54, 1.807) is 6.92 Å². The van der Waals surface area contributed by atoms with Gasteiger partial charge < -0.3 is 9.84 Å². The fourth-order valence-electron chi connectivity index (χ4n) is 1.22. The van der Waals surface area contributed by atoms with Gasteiger partial charge >= 0.3 is 5.97 Å². The summed E-state index contributed by atoms with van der Waals surface area (Å²) in [5, 5.41) is 9.44. The van der Waals surface area contributed by atoms with Gasteiger partial charge in [-0.3, -0.25) is 0 Å². The van der Waals surface area contributed by atoms with Crippen molar-refractivity contribution in [2.75, 3.05) is 6.61 Å². The van der Waals surface area contributed by atoms with E-state index < -0.39 is 29.3 Å². The zero-order chi connectivity index (χ0) is 12.3. The first-order valence-electron chi connectivity index (χ1n) is 4.78. The Hall–Kier alpha value is -1.49. The van der Waals surface area contributed by atoms with Crippen LogP contribution in [-0.2, 0) is 9.53 Å². The van der Waals surface area contributed by atoms with Gasteiger partial charge in [0.1, 0.15) is 0 Å². The van der Waals surface area contributed by atoms with Gasteiger partial charge in [0.25, 0.3) is 0 Å². The Bertz CT molecular complexity index is 404. The van der Waals surface area contributed by atoms with Gasteiger partial charge in [0.15, 0.2) is 17.7 Å². The molecule has 0 bridgehead atoms. The maximum absolute atomic E-state index is 13.4. The fraction of sp³-hybridized carbons (Fsp3) is 0.364. The van der Waals surface area contributed by atoms with Crippen molar-refractivity contribution in [2.24, 2.45) is 0 Å². The predicted octanol–water partition coefficient (Wildman–Crippen LogP) is 1.87. The summed E-state index contributed by atoms with van der Waals surface area (Å²) in [6.45, 7) is 3.00. The Balaban J connectivity index is 3.05. The van der Waals surface area contributed by atoms with E-state index in [1.807, 2.05) is 0 Å². The Labute approximate surface area is 91.7 Å². The Morgan fingerprint density at radius 1 is 1.44 bits per heavy atom. The van der Waals surface area contributed by atoms with E-state index in [0.29, 0.717) is 0 Å². The maximum Gasteiger partial charge on any atom is 0.339 e. The van der Waals surface area contributed by atoms with Crippen molar-refractivity contribution in [3.8, 4) is 0 Å². The lowest BCUT2D eigenvalue weighted by Crippen LogP contribution is -2.17. The summed E-state index contributed by atoms with van der Waals surface area (Å²) in [5.74, 6) is -3.29. The third-order valence-electron chi connectivity index (χ3n) is 2.11. The van der Waals surface area contributed by atoms with Crippen molar-refractivity contribution in [3.63, 3.8) is 0 Å². The van der Waals surface area contributed by atoms with Crippen LogP contribution in [0.1, 0.15) is 24.2 Å². The van der Waals surface area contributed by atoms with Crippen molar-refractivity contribution in [3.05, 3.63) is 34.9 Å². The summed E-state index contributed by atoms with van der Waals surface area (Å²) in [7, 11) is 0. The van der Waals surface area contributed by atoms with Crippen molar-refractivity contribution in [1.29, 1.82) is 0 Å². The average molecular weight is 230 g/mol. The minimum Gasteiger partial charge on any atom is -0.464 e. The van der Waals surface area contributed by atoms with E-state index in [1.165, 1.54) is 13.0 Å². The lowest BCUT2D eigenvalue weighted by molar-refractivity contribution is -0.153. The van der Waals surface area contributed by atoms with Gasteiger partial charge in [-0.1, -0.05) is 12.1 Å². The molecular formula is C11H12F2O3. The number of hydrogen-bond donors (Lipinski definition) is 1. The number of aliphatic hydroxyl groups is 1. The Kier molecular flexibility index (Phi) is 3.95. The van der Waals surface area contributed by atoms with E-state index in [2.05, 4.69) is 4.74 Å². The number of benzene rings is 1. The summed E-state index contributed by atoms with van der Waals surface area (Å²) < 4.78 is 31.0. The summed E-state index contributed by atoms with van der Waals surface area (Å²) in [6, 6.07) is 2.45. The molecule has 0 spiro atoms. The second-order valence-corrected chi connectivity index (χ2v) is 3.25.